The number of nitrogens with zero attached hydrogens (tertiary/aromatic N) is 2. The van der Waals surface area contributed by atoms with Gasteiger partial charge < -0.3 is 4.42 Å². The van der Waals surface area contributed by atoms with Crippen LogP contribution >= 0.6 is 0 Å². The fourth-order valence-electron chi connectivity index (χ4n) is 0.719. The highest BCUT2D eigenvalue weighted by molar-refractivity contribution is 5.00. The molecule has 0 aliphatic carbocycles. The maximum absolute atomic E-state index is 12.5. The lowest BCUT2D eigenvalue weighted by molar-refractivity contribution is -0.305. The predicted octanol–water partition coefficient (Wildman–Crippen LogP) is 3.38. The van der Waals surface area contributed by atoms with Gasteiger partial charge in [0.25, 0.3) is 11.8 Å². The zero-order chi connectivity index (χ0) is 15.3. The fraction of sp³-hybridized carbons (Fsp3) is 0.667. The van der Waals surface area contributed by atoms with Crippen LogP contribution in [0.4, 0.5) is 43.9 Å². The van der Waals surface area contributed by atoms with Crippen LogP contribution in [-0.2, 0) is 11.8 Å². The Labute approximate surface area is 95.7 Å². The van der Waals surface area contributed by atoms with Gasteiger partial charge in [-0.15, -0.1) is 10.2 Å². The Kier molecular flexibility index (Phi) is 3.23. The Balaban J connectivity index is 3.22. The molecule has 1 aromatic heterocycles. The molecule has 0 bridgehead atoms. The number of alkyl halides is 10. The molecule has 0 N–H and O–H groups in total. The molecule has 0 spiro atoms. The summed E-state index contributed by atoms with van der Waals surface area (Å²) >= 11 is 0. The first-order valence-corrected chi connectivity index (χ1v) is 3.95. The Morgan fingerprint density at radius 2 is 0.842 bits per heavy atom. The SMILES string of the molecule is FC(F)(F)C(F)(F)c1nnc(C(F)(F)C(F)(F)F)o1. The quantitative estimate of drug-likeness (QED) is 0.786. The average molecular weight is 306 g/mol. The zero-order valence-corrected chi connectivity index (χ0v) is 8.08. The highest BCUT2D eigenvalue weighted by atomic mass is 19.4. The van der Waals surface area contributed by atoms with Crippen molar-refractivity contribution in [3.05, 3.63) is 11.8 Å². The van der Waals surface area contributed by atoms with Gasteiger partial charge in [-0.3, -0.25) is 0 Å². The van der Waals surface area contributed by atoms with Gasteiger partial charge >= 0.3 is 24.2 Å². The van der Waals surface area contributed by atoms with Crippen LogP contribution in [0, 0.1) is 0 Å². The summed E-state index contributed by atoms with van der Waals surface area (Å²) in [6.07, 6.45) is -12.6. The standard InChI is InChI=1S/C6F10N2O/c7-3(8,5(11,12)13)1-17-18-2(19-1)4(9,10)6(14,15)16. The van der Waals surface area contributed by atoms with E-state index in [9.17, 15) is 43.9 Å². The third kappa shape index (κ3) is 2.45. The summed E-state index contributed by atoms with van der Waals surface area (Å²) < 4.78 is 124. The summed E-state index contributed by atoms with van der Waals surface area (Å²) in [6, 6.07) is 0. The first kappa shape index (κ1) is 15.5. The molecule has 13 heteroatoms. The molecule has 1 heterocycles. The first-order valence-electron chi connectivity index (χ1n) is 3.95. The molecule has 3 nitrogen and oxygen atoms in total. The van der Waals surface area contributed by atoms with Crippen molar-refractivity contribution in [3.63, 3.8) is 0 Å². The molecule has 0 atom stereocenters. The van der Waals surface area contributed by atoms with Crippen molar-refractivity contribution in [2.75, 3.05) is 0 Å². The second-order valence-corrected chi connectivity index (χ2v) is 3.06. The first-order chi connectivity index (χ1) is 8.21. The van der Waals surface area contributed by atoms with Gasteiger partial charge in [0, 0.05) is 0 Å². The van der Waals surface area contributed by atoms with Crippen LogP contribution in [0.3, 0.4) is 0 Å². The number of rotatable bonds is 2. The molecule has 0 unspecified atom stereocenters. The third-order valence-electron chi connectivity index (χ3n) is 1.67. The molecule has 0 aliphatic rings. The van der Waals surface area contributed by atoms with Crippen molar-refractivity contribution in [3.8, 4) is 0 Å². The summed E-state index contributed by atoms with van der Waals surface area (Å²) in [6.45, 7) is 0. The minimum absolute atomic E-state index is 1.87. The van der Waals surface area contributed by atoms with Gasteiger partial charge in [0.2, 0.25) is 0 Å². The second kappa shape index (κ2) is 3.96. The van der Waals surface area contributed by atoms with E-state index in [1.165, 1.54) is 0 Å². The van der Waals surface area contributed by atoms with E-state index >= 15 is 0 Å². The monoisotopic (exact) mass is 306 g/mol. The van der Waals surface area contributed by atoms with Crippen LogP contribution in [0.5, 0.6) is 0 Å². The lowest BCUT2D eigenvalue weighted by Crippen LogP contribution is -2.35. The third-order valence-corrected chi connectivity index (χ3v) is 1.67. The molecule has 0 fully saturated rings. The molecule has 0 amide bonds. The highest BCUT2D eigenvalue weighted by Crippen LogP contribution is 2.46. The van der Waals surface area contributed by atoms with Crippen molar-refractivity contribution in [2.24, 2.45) is 0 Å². The maximum atomic E-state index is 12.5. The normalized spacial score (nSPS) is 14.8. The lowest BCUT2D eigenvalue weighted by Gasteiger charge is -2.16. The number of halogens is 10. The van der Waals surface area contributed by atoms with Crippen LogP contribution in [-0.4, -0.2) is 22.5 Å². The fourth-order valence-corrected chi connectivity index (χ4v) is 0.719. The van der Waals surface area contributed by atoms with E-state index in [1.54, 1.807) is 0 Å². The number of hydrogen-bond acceptors (Lipinski definition) is 3. The van der Waals surface area contributed by atoms with Crippen LogP contribution in [0.2, 0.25) is 0 Å². The molecule has 19 heavy (non-hydrogen) atoms. The topological polar surface area (TPSA) is 38.9 Å². The van der Waals surface area contributed by atoms with Crippen molar-refractivity contribution >= 4 is 0 Å². The van der Waals surface area contributed by atoms with E-state index in [0.29, 0.717) is 0 Å². The average Bonchev–Trinajstić information content (AvgIpc) is 2.62. The summed E-state index contributed by atoms with van der Waals surface area (Å²) in [5.74, 6) is -17.1. The van der Waals surface area contributed by atoms with Crippen molar-refractivity contribution in [1.82, 2.24) is 10.2 Å². The molecule has 1 aromatic rings. The molecule has 0 radical (unpaired) electrons. The minimum atomic E-state index is -6.29. The van der Waals surface area contributed by atoms with E-state index in [4.69, 9.17) is 0 Å². The summed E-state index contributed by atoms with van der Waals surface area (Å²) in [7, 11) is 0. The molecule has 0 saturated carbocycles. The van der Waals surface area contributed by atoms with Crippen molar-refractivity contribution in [2.45, 2.75) is 24.2 Å². The Morgan fingerprint density at radius 1 is 0.579 bits per heavy atom. The van der Waals surface area contributed by atoms with E-state index in [-0.39, 0.29) is 0 Å². The Hall–Kier alpha value is -1.56. The highest BCUT2D eigenvalue weighted by Gasteiger charge is 2.66. The van der Waals surface area contributed by atoms with E-state index < -0.39 is 36.0 Å². The Morgan fingerprint density at radius 3 is 1.05 bits per heavy atom. The van der Waals surface area contributed by atoms with Gasteiger partial charge in [-0.2, -0.15) is 43.9 Å². The molecule has 110 valence electrons. The van der Waals surface area contributed by atoms with Gasteiger partial charge in [-0.05, 0) is 0 Å². The van der Waals surface area contributed by atoms with Gasteiger partial charge in [-0.1, -0.05) is 0 Å². The molecular formula is C6F10N2O. The number of hydrogen-bond donors (Lipinski definition) is 0. The minimum Gasteiger partial charge on any atom is -0.413 e. The van der Waals surface area contributed by atoms with Gasteiger partial charge in [0.15, 0.2) is 0 Å². The van der Waals surface area contributed by atoms with Crippen molar-refractivity contribution < 1.29 is 48.3 Å². The second-order valence-electron chi connectivity index (χ2n) is 3.06. The van der Waals surface area contributed by atoms with Crippen LogP contribution in [0.25, 0.3) is 0 Å². The van der Waals surface area contributed by atoms with E-state index in [2.05, 4.69) is 4.42 Å². The van der Waals surface area contributed by atoms with Crippen molar-refractivity contribution in [1.29, 1.82) is 0 Å². The number of aromatic nitrogens is 2. The maximum Gasteiger partial charge on any atom is 0.463 e. The molecular weight excluding hydrogens is 306 g/mol. The molecule has 0 aromatic carbocycles. The smallest absolute Gasteiger partial charge is 0.413 e. The van der Waals surface area contributed by atoms with Gasteiger partial charge in [0.05, 0.1) is 0 Å². The largest absolute Gasteiger partial charge is 0.463 e. The summed E-state index contributed by atoms with van der Waals surface area (Å²) in [5, 5.41) is 3.73. The lowest BCUT2D eigenvalue weighted by atomic mass is 10.3. The van der Waals surface area contributed by atoms with Gasteiger partial charge in [-0.25, -0.2) is 0 Å². The Bertz CT molecular complexity index is 417. The summed E-state index contributed by atoms with van der Waals surface area (Å²) in [5.41, 5.74) is 0. The van der Waals surface area contributed by atoms with E-state index in [1.807, 2.05) is 10.2 Å². The predicted molar refractivity (Wildman–Crippen MR) is 34.2 cm³/mol. The zero-order valence-electron chi connectivity index (χ0n) is 8.08. The van der Waals surface area contributed by atoms with Gasteiger partial charge in [0.1, 0.15) is 0 Å². The van der Waals surface area contributed by atoms with E-state index in [0.717, 1.165) is 0 Å². The molecule has 0 saturated heterocycles. The molecule has 0 aliphatic heterocycles. The van der Waals surface area contributed by atoms with Crippen LogP contribution in [0.1, 0.15) is 11.8 Å². The summed E-state index contributed by atoms with van der Waals surface area (Å²) in [4.78, 5) is 0. The van der Waals surface area contributed by atoms with Crippen LogP contribution < -0.4 is 0 Å². The van der Waals surface area contributed by atoms with Crippen LogP contribution in [0.15, 0.2) is 4.42 Å². The molecule has 1 rings (SSSR count).